The normalized spacial score (nSPS) is 33.7. The fraction of sp³-hybridized carbons (Fsp3) is 0.850. The van der Waals surface area contributed by atoms with Crippen molar-refractivity contribution in [2.45, 2.75) is 191 Å². The van der Waals surface area contributed by atoms with Crippen molar-refractivity contribution < 1.29 is 9.15 Å². The minimum absolute atomic E-state index is 0.675. The largest absolute Gasteiger partial charge is 0.317 e. The van der Waals surface area contributed by atoms with E-state index in [0.717, 1.165) is 12.1 Å². The summed E-state index contributed by atoms with van der Waals surface area (Å²) in [5, 5.41) is 14.9. The van der Waals surface area contributed by atoms with Gasteiger partial charge in [0.2, 0.25) is 11.4 Å². The quantitative estimate of drug-likeness (QED) is 0.100. The van der Waals surface area contributed by atoms with Crippen molar-refractivity contribution in [1.29, 1.82) is 0 Å². The molecule has 0 aromatic rings. The van der Waals surface area contributed by atoms with Gasteiger partial charge in [0.05, 0.1) is 0 Å². The van der Waals surface area contributed by atoms with Crippen molar-refractivity contribution in [2.24, 2.45) is 0 Å². The predicted octanol–water partition coefficient (Wildman–Crippen LogP) is 6.48. The molecule has 0 bridgehead atoms. The van der Waals surface area contributed by atoms with E-state index < -0.39 is 0 Å². The molecule has 6 nitrogen and oxygen atoms in total. The maximum Gasteiger partial charge on any atom is 0.200 e. The van der Waals surface area contributed by atoms with Crippen LogP contribution in [0.5, 0.6) is 0 Å². The van der Waals surface area contributed by atoms with Crippen LogP contribution in [0.2, 0.25) is 0 Å². The third-order valence-corrected chi connectivity index (χ3v) is 12.5. The van der Waals surface area contributed by atoms with Crippen molar-refractivity contribution in [3.63, 3.8) is 0 Å². The summed E-state index contributed by atoms with van der Waals surface area (Å²) in [6.45, 7) is 6.99. The Balaban J connectivity index is 1.36. The molecule has 0 atom stereocenters. The summed E-state index contributed by atoms with van der Waals surface area (Å²) in [7, 11) is 4.30. The first-order valence-electron chi connectivity index (χ1n) is 20.1. The summed E-state index contributed by atoms with van der Waals surface area (Å²) in [5.74, 6) is 0. The molecule has 0 amide bonds. The molecule has 0 spiro atoms. The second-order valence-electron chi connectivity index (χ2n) is 15.5. The highest BCUT2D eigenvalue weighted by Gasteiger charge is 2.40. The lowest BCUT2D eigenvalue weighted by atomic mass is 9.85. The van der Waals surface area contributed by atoms with E-state index in [1.807, 2.05) is 0 Å². The van der Waals surface area contributed by atoms with Gasteiger partial charge in [-0.2, -0.15) is 0 Å². The lowest BCUT2D eigenvalue weighted by molar-refractivity contribution is -0.608. The van der Waals surface area contributed by atoms with Gasteiger partial charge in [0.1, 0.15) is 0 Å². The van der Waals surface area contributed by atoms with Crippen LogP contribution in [0.4, 0.5) is 0 Å². The van der Waals surface area contributed by atoms with Crippen molar-refractivity contribution in [2.75, 3.05) is 27.2 Å². The van der Waals surface area contributed by atoms with E-state index in [9.17, 15) is 0 Å². The molecule has 0 aliphatic heterocycles. The van der Waals surface area contributed by atoms with E-state index >= 15 is 0 Å². The fourth-order valence-electron chi connectivity index (χ4n) is 9.60. The standard InChI is InChI=1S/C40H72N6/c1-5-7-29-43-33-13-21-37(22-14-33)46(38-23-15-34(16-24-38)44-30-8-6-2)40-27-25-39(26-28-40)45(35-17-9-31(41-3)10-18-35)36-19-11-32(42-4)12-20-36/h25-28,31-38,41-44H,5-24,29-30H2,1-4H3/q+2. The number of unbranched alkanes of at least 4 members (excludes halogenated alkanes) is 2. The first-order chi connectivity index (χ1) is 22.6. The molecule has 5 aliphatic rings. The topological polar surface area (TPSA) is 54.1 Å². The molecule has 0 unspecified atom stereocenters. The summed E-state index contributed by atoms with van der Waals surface area (Å²) >= 11 is 0. The maximum atomic E-state index is 3.89. The molecule has 4 fully saturated rings. The van der Waals surface area contributed by atoms with Crippen molar-refractivity contribution >= 4 is 11.4 Å². The van der Waals surface area contributed by atoms with Gasteiger partial charge in [-0.15, -0.1) is 0 Å². The molecular weight excluding hydrogens is 564 g/mol. The monoisotopic (exact) mass is 637 g/mol. The molecule has 5 aliphatic carbocycles. The van der Waals surface area contributed by atoms with Crippen LogP contribution in [0, 0.1) is 0 Å². The third kappa shape index (κ3) is 9.86. The van der Waals surface area contributed by atoms with Gasteiger partial charge >= 0.3 is 0 Å². The zero-order chi connectivity index (χ0) is 32.1. The second-order valence-corrected chi connectivity index (χ2v) is 15.5. The van der Waals surface area contributed by atoms with Crippen LogP contribution in [0.1, 0.15) is 142 Å². The summed E-state index contributed by atoms with van der Waals surface area (Å²) < 4.78 is 5.85. The third-order valence-electron chi connectivity index (χ3n) is 12.5. The lowest BCUT2D eigenvalue weighted by Gasteiger charge is -2.34. The van der Waals surface area contributed by atoms with Gasteiger partial charge in [0.25, 0.3) is 0 Å². The maximum absolute atomic E-state index is 3.89. The van der Waals surface area contributed by atoms with E-state index in [1.54, 1.807) is 0 Å². The van der Waals surface area contributed by atoms with Gasteiger partial charge in [-0.25, -0.2) is 9.15 Å². The van der Waals surface area contributed by atoms with E-state index in [4.69, 9.17) is 0 Å². The first-order valence-corrected chi connectivity index (χ1v) is 20.1. The van der Waals surface area contributed by atoms with Gasteiger partial charge in [0.15, 0.2) is 24.2 Å². The van der Waals surface area contributed by atoms with E-state index in [1.165, 1.54) is 153 Å². The van der Waals surface area contributed by atoms with Crippen LogP contribution < -0.4 is 21.3 Å². The highest BCUT2D eigenvalue weighted by molar-refractivity contribution is 6.15. The fourth-order valence-corrected chi connectivity index (χ4v) is 9.60. The van der Waals surface area contributed by atoms with Gasteiger partial charge in [-0.05, 0) is 91.4 Å². The molecule has 5 rings (SSSR count). The highest BCUT2D eigenvalue weighted by atomic mass is 15.1. The number of nitrogens with zero attached hydrogens (tertiary/aromatic N) is 2. The molecule has 6 heteroatoms. The summed E-state index contributed by atoms with van der Waals surface area (Å²) in [4.78, 5) is 0. The molecule has 4 N–H and O–H groups in total. The van der Waals surface area contributed by atoms with Crippen LogP contribution in [-0.4, -0.2) is 96.1 Å². The molecule has 0 heterocycles. The van der Waals surface area contributed by atoms with Gasteiger partial charge in [-0.3, -0.25) is 0 Å². The van der Waals surface area contributed by atoms with E-state index in [0.29, 0.717) is 36.3 Å². The molecule has 46 heavy (non-hydrogen) atoms. The predicted molar refractivity (Wildman–Crippen MR) is 197 cm³/mol. The molecule has 4 saturated carbocycles. The van der Waals surface area contributed by atoms with Crippen molar-refractivity contribution in [3.8, 4) is 0 Å². The SMILES string of the molecule is CCCCNC1CCC([N+](=C2C=CC(=[N+](C3CCC(NC)CC3)C3CCC(NC)CC3)C=C2)C2CCC(NCCCC)CC2)CC1. The van der Waals surface area contributed by atoms with Gasteiger partial charge in [0, 0.05) is 99.8 Å². The molecule has 0 radical (unpaired) electrons. The lowest BCUT2D eigenvalue weighted by Crippen LogP contribution is -2.47. The smallest absolute Gasteiger partial charge is 0.200 e. The van der Waals surface area contributed by atoms with Crippen LogP contribution in [0.25, 0.3) is 0 Å². The van der Waals surface area contributed by atoms with Crippen molar-refractivity contribution in [1.82, 2.24) is 21.3 Å². The Morgan fingerprint density at radius 2 is 0.739 bits per heavy atom. The number of hydrogen-bond donors (Lipinski definition) is 4. The number of nitrogens with one attached hydrogen (secondary N) is 4. The molecule has 0 aromatic heterocycles. The Hall–Kier alpha value is -1.34. The molecule has 0 saturated heterocycles. The second kappa shape index (κ2) is 19.0. The Labute approximate surface area is 283 Å². The Kier molecular flexibility index (Phi) is 14.9. The molecular formula is C40H72N6+2. The minimum Gasteiger partial charge on any atom is -0.317 e. The van der Waals surface area contributed by atoms with Gasteiger partial charge < -0.3 is 21.3 Å². The number of hydrogen-bond acceptors (Lipinski definition) is 4. The minimum atomic E-state index is 0.675. The molecule has 0 aromatic carbocycles. The summed E-state index contributed by atoms with van der Waals surface area (Å²) in [6, 6.07) is 5.53. The number of rotatable bonds is 14. The van der Waals surface area contributed by atoms with Crippen LogP contribution in [0.3, 0.4) is 0 Å². The average molecular weight is 637 g/mol. The van der Waals surface area contributed by atoms with Gasteiger partial charge in [-0.1, -0.05) is 26.7 Å². The Bertz CT molecular complexity index is 936. The van der Waals surface area contributed by atoms with Crippen molar-refractivity contribution in [3.05, 3.63) is 24.3 Å². The van der Waals surface area contributed by atoms with Crippen LogP contribution >= 0.6 is 0 Å². The Morgan fingerprint density at radius 1 is 0.457 bits per heavy atom. The first kappa shape index (κ1) is 36.0. The van der Waals surface area contributed by atoms with E-state index in [-0.39, 0.29) is 0 Å². The Morgan fingerprint density at radius 3 is 1.00 bits per heavy atom. The summed E-state index contributed by atoms with van der Waals surface area (Å²) in [5.41, 5.74) is 2.98. The number of allylic oxidation sites excluding steroid dienone is 4. The average Bonchev–Trinajstić information content (AvgIpc) is 3.11. The van der Waals surface area contributed by atoms with Crippen LogP contribution in [0.15, 0.2) is 24.3 Å². The summed E-state index contributed by atoms with van der Waals surface area (Å²) in [6.07, 6.45) is 36.4. The zero-order valence-corrected chi connectivity index (χ0v) is 30.4. The van der Waals surface area contributed by atoms with Crippen LogP contribution in [-0.2, 0) is 0 Å². The highest BCUT2D eigenvalue weighted by Crippen LogP contribution is 2.31. The van der Waals surface area contributed by atoms with E-state index in [2.05, 4.69) is 82.7 Å². The zero-order valence-electron chi connectivity index (χ0n) is 30.4. The molecule has 260 valence electrons.